The Bertz CT molecular complexity index is 605. The van der Waals surface area contributed by atoms with Crippen LogP contribution >= 0.6 is 0 Å². The third-order valence-corrected chi connectivity index (χ3v) is 3.40. The van der Waals surface area contributed by atoms with Gasteiger partial charge in [-0.3, -0.25) is 9.48 Å². The number of carbonyl (C=O) groups is 1. The average molecular weight is 301 g/mol. The highest BCUT2D eigenvalue weighted by atomic mass is 16.5. The van der Waals surface area contributed by atoms with E-state index >= 15 is 0 Å². The maximum absolute atomic E-state index is 12.0. The number of nitrogens with one attached hydrogen (secondary N) is 1. The Balaban J connectivity index is 1.79. The minimum Gasteiger partial charge on any atom is -0.494 e. The van der Waals surface area contributed by atoms with Gasteiger partial charge in [0.05, 0.1) is 18.3 Å². The van der Waals surface area contributed by atoms with Crippen molar-refractivity contribution in [1.82, 2.24) is 15.1 Å². The van der Waals surface area contributed by atoms with Crippen molar-refractivity contribution >= 4 is 5.91 Å². The maximum atomic E-state index is 12.0. The lowest BCUT2D eigenvalue weighted by Crippen LogP contribution is -2.25. The molecule has 0 spiro atoms. The Morgan fingerprint density at radius 3 is 2.64 bits per heavy atom. The first-order valence-corrected chi connectivity index (χ1v) is 7.58. The first-order valence-electron chi connectivity index (χ1n) is 7.58. The summed E-state index contributed by atoms with van der Waals surface area (Å²) in [5.41, 5.74) is 2.01. The zero-order chi connectivity index (χ0) is 15.9. The van der Waals surface area contributed by atoms with Gasteiger partial charge in [0.25, 0.3) is 0 Å². The molecular weight excluding hydrogens is 278 g/mol. The number of nitrogens with zero attached hydrogens (tertiary/aromatic N) is 2. The fourth-order valence-corrected chi connectivity index (χ4v) is 2.18. The molecule has 5 nitrogen and oxygen atoms in total. The summed E-state index contributed by atoms with van der Waals surface area (Å²) in [6.45, 7) is 7.06. The van der Waals surface area contributed by atoms with E-state index in [1.54, 1.807) is 0 Å². The zero-order valence-corrected chi connectivity index (χ0v) is 13.4. The Labute approximate surface area is 131 Å². The van der Waals surface area contributed by atoms with E-state index in [1.165, 1.54) is 0 Å². The van der Waals surface area contributed by atoms with E-state index in [9.17, 15) is 4.79 Å². The summed E-state index contributed by atoms with van der Waals surface area (Å²) < 4.78 is 7.22. The molecule has 5 heteroatoms. The second-order valence-corrected chi connectivity index (χ2v) is 5.34. The predicted octanol–water partition coefficient (Wildman–Crippen LogP) is 2.86. The molecule has 2 rings (SSSR count). The third kappa shape index (κ3) is 4.62. The lowest BCUT2D eigenvalue weighted by Gasteiger charge is -2.12. The van der Waals surface area contributed by atoms with Gasteiger partial charge in [0.1, 0.15) is 5.75 Å². The van der Waals surface area contributed by atoms with Crippen LogP contribution in [0.15, 0.2) is 36.5 Å². The van der Waals surface area contributed by atoms with Crippen molar-refractivity contribution in [3.05, 3.63) is 47.8 Å². The molecule has 0 aliphatic rings. The smallest absolute Gasteiger partial charge is 0.222 e. The number of hydrogen-bond acceptors (Lipinski definition) is 3. The van der Waals surface area contributed by atoms with Gasteiger partial charge in [-0.05, 0) is 44.5 Å². The topological polar surface area (TPSA) is 56.1 Å². The summed E-state index contributed by atoms with van der Waals surface area (Å²) in [5, 5.41) is 7.27. The summed E-state index contributed by atoms with van der Waals surface area (Å²) in [7, 11) is 0. The van der Waals surface area contributed by atoms with Crippen LogP contribution in [-0.2, 0) is 11.3 Å². The number of hydrogen-bond donors (Lipinski definition) is 1. The van der Waals surface area contributed by atoms with Gasteiger partial charge in [-0.1, -0.05) is 12.1 Å². The zero-order valence-electron chi connectivity index (χ0n) is 13.4. The standard InChI is InChI=1S/C17H23N3O2/c1-4-22-16-7-5-15(6-8-16)12-18-17(21)11-14(3)20-10-9-13(2)19-20/h5-10,14H,4,11-12H2,1-3H3,(H,18,21). The number of rotatable bonds is 7. The van der Waals surface area contributed by atoms with E-state index in [2.05, 4.69) is 10.4 Å². The summed E-state index contributed by atoms with van der Waals surface area (Å²) >= 11 is 0. The first-order chi connectivity index (χ1) is 10.6. The van der Waals surface area contributed by atoms with Crippen LogP contribution in [-0.4, -0.2) is 22.3 Å². The molecule has 1 aromatic heterocycles. The molecule has 0 aliphatic carbocycles. The van der Waals surface area contributed by atoms with Crippen LogP contribution in [0.4, 0.5) is 0 Å². The van der Waals surface area contributed by atoms with Gasteiger partial charge < -0.3 is 10.1 Å². The van der Waals surface area contributed by atoms with Crippen molar-refractivity contribution in [1.29, 1.82) is 0 Å². The summed E-state index contributed by atoms with van der Waals surface area (Å²) in [6, 6.07) is 9.75. The molecule has 0 aliphatic heterocycles. The molecule has 0 radical (unpaired) electrons. The van der Waals surface area contributed by atoms with Gasteiger partial charge in [0, 0.05) is 19.2 Å². The lowest BCUT2D eigenvalue weighted by molar-refractivity contribution is -0.122. The van der Waals surface area contributed by atoms with Crippen molar-refractivity contribution in [2.75, 3.05) is 6.61 Å². The SMILES string of the molecule is CCOc1ccc(CNC(=O)CC(C)n2ccc(C)n2)cc1. The predicted molar refractivity (Wildman–Crippen MR) is 85.7 cm³/mol. The largest absolute Gasteiger partial charge is 0.494 e. The number of aryl methyl sites for hydroxylation is 1. The van der Waals surface area contributed by atoms with Crippen molar-refractivity contribution in [2.45, 2.75) is 39.8 Å². The van der Waals surface area contributed by atoms with Crippen LogP contribution in [0.1, 0.15) is 37.6 Å². The molecule has 2 aromatic rings. The van der Waals surface area contributed by atoms with Gasteiger partial charge in [-0.2, -0.15) is 5.10 Å². The molecule has 1 N–H and O–H groups in total. The maximum Gasteiger partial charge on any atom is 0.222 e. The van der Waals surface area contributed by atoms with E-state index in [0.717, 1.165) is 17.0 Å². The first kappa shape index (κ1) is 16.1. The highest BCUT2D eigenvalue weighted by molar-refractivity contribution is 5.76. The number of amides is 1. The van der Waals surface area contributed by atoms with Crippen LogP contribution in [0.2, 0.25) is 0 Å². The lowest BCUT2D eigenvalue weighted by atomic mass is 10.2. The molecule has 1 amide bonds. The van der Waals surface area contributed by atoms with Crippen LogP contribution < -0.4 is 10.1 Å². The fraction of sp³-hybridized carbons (Fsp3) is 0.412. The second-order valence-electron chi connectivity index (χ2n) is 5.34. The molecule has 0 fully saturated rings. The van der Waals surface area contributed by atoms with Crippen LogP contribution in [0.3, 0.4) is 0 Å². The molecule has 1 heterocycles. The van der Waals surface area contributed by atoms with Gasteiger partial charge in [-0.15, -0.1) is 0 Å². The van der Waals surface area contributed by atoms with Crippen molar-refractivity contribution in [3.8, 4) is 5.75 Å². The van der Waals surface area contributed by atoms with E-state index in [1.807, 2.05) is 62.0 Å². The molecule has 1 atom stereocenters. The van der Waals surface area contributed by atoms with Gasteiger partial charge in [-0.25, -0.2) is 0 Å². The summed E-state index contributed by atoms with van der Waals surface area (Å²) in [5.74, 6) is 0.870. The molecule has 118 valence electrons. The minimum atomic E-state index is 0.0227. The van der Waals surface area contributed by atoms with Crippen molar-refractivity contribution < 1.29 is 9.53 Å². The van der Waals surface area contributed by atoms with E-state index < -0.39 is 0 Å². The number of benzene rings is 1. The highest BCUT2D eigenvalue weighted by Crippen LogP contribution is 2.13. The minimum absolute atomic E-state index is 0.0227. The molecule has 0 saturated heterocycles. The summed E-state index contributed by atoms with van der Waals surface area (Å²) in [6.07, 6.45) is 2.32. The van der Waals surface area contributed by atoms with E-state index in [0.29, 0.717) is 19.6 Å². The Hall–Kier alpha value is -2.30. The van der Waals surface area contributed by atoms with E-state index in [-0.39, 0.29) is 11.9 Å². The number of carbonyl (C=O) groups excluding carboxylic acids is 1. The van der Waals surface area contributed by atoms with Crippen LogP contribution in [0.5, 0.6) is 5.75 Å². The normalized spacial score (nSPS) is 12.0. The highest BCUT2D eigenvalue weighted by Gasteiger charge is 2.11. The van der Waals surface area contributed by atoms with Crippen molar-refractivity contribution in [3.63, 3.8) is 0 Å². The van der Waals surface area contributed by atoms with Crippen molar-refractivity contribution in [2.24, 2.45) is 0 Å². The Morgan fingerprint density at radius 1 is 1.32 bits per heavy atom. The van der Waals surface area contributed by atoms with Gasteiger partial charge >= 0.3 is 0 Å². The molecular formula is C17H23N3O2. The number of aromatic nitrogens is 2. The number of ether oxygens (including phenoxy) is 1. The Morgan fingerprint density at radius 2 is 2.05 bits per heavy atom. The van der Waals surface area contributed by atoms with E-state index in [4.69, 9.17) is 4.74 Å². The monoisotopic (exact) mass is 301 g/mol. The second kappa shape index (κ2) is 7.64. The molecule has 1 unspecified atom stereocenters. The fourth-order valence-electron chi connectivity index (χ4n) is 2.18. The quantitative estimate of drug-likeness (QED) is 0.855. The summed E-state index contributed by atoms with van der Waals surface area (Å²) in [4.78, 5) is 12.0. The molecule has 22 heavy (non-hydrogen) atoms. The third-order valence-electron chi connectivity index (χ3n) is 3.40. The van der Waals surface area contributed by atoms with Crippen LogP contribution in [0, 0.1) is 6.92 Å². The molecule has 1 aromatic carbocycles. The van der Waals surface area contributed by atoms with Gasteiger partial charge in [0.2, 0.25) is 5.91 Å². The van der Waals surface area contributed by atoms with Crippen LogP contribution in [0.25, 0.3) is 0 Å². The Kier molecular flexibility index (Phi) is 5.58. The molecule has 0 bridgehead atoms. The van der Waals surface area contributed by atoms with Gasteiger partial charge in [0.15, 0.2) is 0 Å². The average Bonchev–Trinajstić information content (AvgIpc) is 2.93. The molecule has 0 saturated carbocycles.